The lowest BCUT2D eigenvalue weighted by Gasteiger charge is -2.11. The quantitative estimate of drug-likeness (QED) is 0.660. The van der Waals surface area contributed by atoms with Gasteiger partial charge in [0.2, 0.25) is 10.0 Å². The predicted octanol–water partition coefficient (Wildman–Crippen LogP) is 1.32. The number of rotatable bonds is 8. The normalized spacial score (nSPS) is 13.2. The van der Waals surface area contributed by atoms with Crippen LogP contribution in [0.2, 0.25) is 0 Å². The highest BCUT2D eigenvalue weighted by atomic mass is 79.9. The van der Waals surface area contributed by atoms with Crippen LogP contribution in [-0.2, 0) is 20.8 Å². The van der Waals surface area contributed by atoms with Crippen LogP contribution in [0.4, 0.5) is 5.82 Å². The molecule has 1 aromatic heterocycles. The van der Waals surface area contributed by atoms with E-state index in [4.69, 9.17) is 0 Å². The second-order valence-electron chi connectivity index (χ2n) is 4.06. The standard InChI is InChI=1S/C11H18BrN3O3S2/c1-3-13-11-10(7-9(12)8-14-11)20(17,18)15-5-4-6-19(2)16/h7-8,15H,3-6H2,1-2H3,(H,13,14). The smallest absolute Gasteiger partial charge is 0.244 e. The largest absolute Gasteiger partial charge is 0.369 e. The molecule has 1 unspecified atom stereocenters. The monoisotopic (exact) mass is 383 g/mol. The molecular formula is C11H18BrN3O3S2. The molecule has 0 amide bonds. The molecule has 0 aliphatic carbocycles. The van der Waals surface area contributed by atoms with E-state index in [1.807, 2.05) is 6.92 Å². The fourth-order valence-electron chi connectivity index (χ4n) is 1.49. The Morgan fingerprint density at radius 3 is 2.75 bits per heavy atom. The summed E-state index contributed by atoms with van der Waals surface area (Å²) in [5.74, 6) is 0.793. The van der Waals surface area contributed by atoms with Gasteiger partial charge in [-0.2, -0.15) is 0 Å². The maximum Gasteiger partial charge on any atom is 0.244 e. The summed E-state index contributed by atoms with van der Waals surface area (Å²) in [6, 6.07) is 1.51. The van der Waals surface area contributed by atoms with Gasteiger partial charge in [0.15, 0.2) is 0 Å². The van der Waals surface area contributed by atoms with Crippen molar-refractivity contribution in [2.24, 2.45) is 0 Å². The molecule has 1 rings (SSSR count). The molecule has 1 aromatic rings. The first-order valence-electron chi connectivity index (χ1n) is 6.06. The van der Waals surface area contributed by atoms with E-state index in [2.05, 4.69) is 31.0 Å². The third-order valence-electron chi connectivity index (χ3n) is 2.35. The number of hydrogen-bond donors (Lipinski definition) is 2. The average Bonchev–Trinajstić information content (AvgIpc) is 2.37. The van der Waals surface area contributed by atoms with Crippen LogP contribution in [-0.4, -0.2) is 42.7 Å². The summed E-state index contributed by atoms with van der Waals surface area (Å²) in [6.45, 7) is 2.69. The third-order valence-corrected chi connectivity index (χ3v) is 5.13. The molecule has 0 spiro atoms. The van der Waals surface area contributed by atoms with E-state index in [0.717, 1.165) is 0 Å². The molecule has 0 bridgehead atoms. The maximum atomic E-state index is 12.2. The lowest BCUT2D eigenvalue weighted by molar-refractivity contribution is 0.580. The van der Waals surface area contributed by atoms with Crippen molar-refractivity contribution in [3.63, 3.8) is 0 Å². The Kier molecular flexibility index (Phi) is 7.07. The minimum Gasteiger partial charge on any atom is -0.369 e. The zero-order chi connectivity index (χ0) is 15.2. The molecule has 0 saturated heterocycles. The lowest BCUT2D eigenvalue weighted by atomic mass is 10.4. The Hall–Kier alpha value is -0.510. The van der Waals surface area contributed by atoms with Crippen LogP contribution in [0, 0.1) is 0 Å². The van der Waals surface area contributed by atoms with E-state index in [0.29, 0.717) is 29.0 Å². The van der Waals surface area contributed by atoms with Crippen molar-refractivity contribution in [1.29, 1.82) is 0 Å². The van der Waals surface area contributed by atoms with Crippen molar-refractivity contribution in [3.8, 4) is 0 Å². The number of aromatic nitrogens is 1. The molecule has 0 saturated carbocycles. The van der Waals surface area contributed by atoms with Gasteiger partial charge >= 0.3 is 0 Å². The van der Waals surface area contributed by atoms with Gasteiger partial charge in [-0.25, -0.2) is 18.1 Å². The number of halogens is 1. The van der Waals surface area contributed by atoms with Gasteiger partial charge in [-0.05, 0) is 35.3 Å². The molecular weight excluding hydrogens is 366 g/mol. The maximum absolute atomic E-state index is 12.2. The molecule has 2 N–H and O–H groups in total. The van der Waals surface area contributed by atoms with Crippen LogP contribution in [0.1, 0.15) is 13.3 Å². The van der Waals surface area contributed by atoms with E-state index in [9.17, 15) is 12.6 Å². The highest BCUT2D eigenvalue weighted by molar-refractivity contribution is 9.10. The molecule has 0 aliphatic heterocycles. The van der Waals surface area contributed by atoms with Gasteiger partial charge in [0, 0.05) is 46.6 Å². The Labute approximate surface area is 130 Å². The van der Waals surface area contributed by atoms with Crippen LogP contribution in [0.3, 0.4) is 0 Å². The van der Waals surface area contributed by atoms with Gasteiger partial charge in [0.25, 0.3) is 0 Å². The third kappa shape index (κ3) is 5.47. The van der Waals surface area contributed by atoms with E-state index < -0.39 is 20.8 Å². The van der Waals surface area contributed by atoms with Gasteiger partial charge in [0.05, 0.1) is 0 Å². The van der Waals surface area contributed by atoms with Crippen molar-refractivity contribution in [1.82, 2.24) is 9.71 Å². The molecule has 0 radical (unpaired) electrons. The summed E-state index contributed by atoms with van der Waals surface area (Å²) in [7, 11) is -4.55. The van der Waals surface area contributed by atoms with Crippen molar-refractivity contribution >= 4 is 42.6 Å². The highest BCUT2D eigenvalue weighted by Gasteiger charge is 2.19. The van der Waals surface area contributed by atoms with Crippen molar-refractivity contribution in [3.05, 3.63) is 16.7 Å². The SMILES string of the molecule is CCNc1ncc(Br)cc1S(=O)(=O)NCCCS(C)=O. The minimum atomic E-state index is -3.64. The summed E-state index contributed by atoms with van der Waals surface area (Å²) in [4.78, 5) is 4.17. The van der Waals surface area contributed by atoms with Gasteiger partial charge < -0.3 is 5.32 Å². The molecule has 6 nitrogen and oxygen atoms in total. The van der Waals surface area contributed by atoms with E-state index in [-0.39, 0.29) is 11.4 Å². The van der Waals surface area contributed by atoms with Crippen LogP contribution < -0.4 is 10.0 Å². The molecule has 1 atom stereocenters. The first kappa shape index (κ1) is 17.5. The highest BCUT2D eigenvalue weighted by Crippen LogP contribution is 2.22. The molecule has 0 aliphatic rings. The second-order valence-corrected chi connectivity index (χ2v) is 8.26. The number of nitrogens with one attached hydrogen (secondary N) is 2. The van der Waals surface area contributed by atoms with Gasteiger partial charge in [-0.15, -0.1) is 0 Å². The Balaban J connectivity index is 2.85. The molecule has 0 fully saturated rings. The summed E-state index contributed by atoms with van der Waals surface area (Å²) < 4.78 is 38.5. The van der Waals surface area contributed by atoms with E-state index in [1.165, 1.54) is 12.3 Å². The fourth-order valence-corrected chi connectivity index (χ4v) is 3.75. The number of pyridine rings is 1. The number of sulfonamides is 1. The van der Waals surface area contributed by atoms with E-state index in [1.54, 1.807) is 6.26 Å². The summed E-state index contributed by atoms with van der Waals surface area (Å²) >= 11 is 3.22. The topological polar surface area (TPSA) is 88.2 Å². The number of anilines is 1. The minimum absolute atomic E-state index is 0.103. The van der Waals surface area contributed by atoms with Crippen LogP contribution in [0.5, 0.6) is 0 Å². The van der Waals surface area contributed by atoms with Gasteiger partial charge in [0.1, 0.15) is 10.7 Å². The zero-order valence-electron chi connectivity index (χ0n) is 11.3. The Morgan fingerprint density at radius 2 is 2.15 bits per heavy atom. The molecule has 20 heavy (non-hydrogen) atoms. The first-order valence-corrected chi connectivity index (χ1v) is 10.1. The summed E-state index contributed by atoms with van der Waals surface area (Å²) in [5, 5.41) is 2.92. The fraction of sp³-hybridized carbons (Fsp3) is 0.545. The van der Waals surface area contributed by atoms with E-state index >= 15 is 0 Å². The van der Waals surface area contributed by atoms with Crippen LogP contribution in [0.15, 0.2) is 21.6 Å². The summed E-state index contributed by atoms with van der Waals surface area (Å²) in [6.07, 6.45) is 3.66. The molecule has 9 heteroatoms. The Morgan fingerprint density at radius 1 is 1.45 bits per heavy atom. The number of hydrogen-bond acceptors (Lipinski definition) is 5. The van der Waals surface area contributed by atoms with Crippen LogP contribution >= 0.6 is 15.9 Å². The molecule has 114 valence electrons. The van der Waals surface area contributed by atoms with Crippen molar-refractivity contribution < 1.29 is 12.6 Å². The lowest BCUT2D eigenvalue weighted by Crippen LogP contribution is -2.27. The zero-order valence-corrected chi connectivity index (χ0v) is 14.6. The van der Waals surface area contributed by atoms with Crippen LogP contribution in [0.25, 0.3) is 0 Å². The number of nitrogens with zero attached hydrogens (tertiary/aromatic N) is 1. The van der Waals surface area contributed by atoms with Gasteiger partial charge in [-0.1, -0.05) is 0 Å². The predicted molar refractivity (Wildman–Crippen MR) is 84.8 cm³/mol. The Bertz CT molecular complexity index is 578. The summed E-state index contributed by atoms with van der Waals surface area (Å²) in [5.41, 5.74) is 0. The first-order chi connectivity index (χ1) is 9.36. The molecule has 0 aromatic carbocycles. The van der Waals surface area contributed by atoms with Crippen molar-refractivity contribution in [2.45, 2.75) is 18.2 Å². The van der Waals surface area contributed by atoms with Gasteiger partial charge in [-0.3, -0.25) is 4.21 Å². The van der Waals surface area contributed by atoms with Crippen molar-refractivity contribution in [2.75, 3.05) is 30.4 Å². The average molecular weight is 384 g/mol. The molecule has 1 heterocycles. The second kappa shape index (κ2) is 8.06.